The van der Waals surface area contributed by atoms with Crippen molar-refractivity contribution < 1.29 is 19.4 Å². The fourth-order valence-corrected chi connectivity index (χ4v) is 1.81. The molecule has 0 aliphatic rings. The van der Waals surface area contributed by atoms with E-state index in [0.29, 0.717) is 17.1 Å². The number of hydrogen-bond donors (Lipinski definition) is 2. The third-order valence-corrected chi connectivity index (χ3v) is 3.12. The highest BCUT2D eigenvalue weighted by Crippen LogP contribution is 2.31. The summed E-state index contributed by atoms with van der Waals surface area (Å²) in [6.45, 7) is 5.37. The number of carbonyl (C=O) groups is 1. The number of ether oxygens (including phenoxy) is 2. The summed E-state index contributed by atoms with van der Waals surface area (Å²) in [5, 5.41) is 13.2. The van der Waals surface area contributed by atoms with E-state index in [4.69, 9.17) is 9.47 Å². The molecule has 5 heteroatoms. The third-order valence-electron chi connectivity index (χ3n) is 3.12. The molecule has 1 rings (SSSR count). The second kappa shape index (κ2) is 7.14. The van der Waals surface area contributed by atoms with Crippen LogP contribution < -0.4 is 14.8 Å². The Kier molecular flexibility index (Phi) is 5.82. The zero-order valence-corrected chi connectivity index (χ0v) is 12.6. The molecule has 0 heterocycles. The molecule has 1 amide bonds. The van der Waals surface area contributed by atoms with Gasteiger partial charge in [0.05, 0.1) is 20.3 Å². The van der Waals surface area contributed by atoms with E-state index in [-0.39, 0.29) is 11.8 Å². The largest absolute Gasteiger partial charge is 0.497 e. The molecule has 2 atom stereocenters. The standard InChI is InChI=1S/C15H23NO4/c1-9(2)15(18)16-10(3)14(17)12-8-11(19-4)6-7-13(12)20-5/h6-10,14,17H,1-5H3,(H,16,18). The minimum Gasteiger partial charge on any atom is -0.497 e. The fraction of sp³-hybridized carbons (Fsp3) is 0.533. The maximum absolute atomic E-state index is 11.7. The van der Waals surface area contributed by atoms with E-state index in [1.54, 1.807) is 46.1 Å². The summed E-state index contributed by atoms with van der Waals surface area (Å²) < 4.78 is 10.4. The molecule has 0 saturated heterocycles. The normalized spacial score (nSPS) is 13.8. The van der Waals surface area contributed by atoms with Gasteiger partial charge in [-0.15, -0.1) is 0 Å². The van der Waals surface area contributed by atoms with Gasteiger partial charge in [-0.25, -0.2) is 0 Å². The second-order valence-corrected chi connectivity index (χ2v) is 5.00. The first-order chi connectivity index (χ1) is 9.40. The minimum absolute atomic E-state index is 0.0987. The monoisotopic (exact) mass is 281 g/mol. The lowest BCUT2D eigenvalue weighted by atomic mass is 10.0. The lowest BCUT2D eigenvalue weighted by molar-refractivity contribution is -0.125. The Morgan fingerprint density at radius 1 is 1.20 bits per heavy atom. The lowest BCUT2D eigenvalue weighted by Crippen LogP contribution is -2.39. The molecule has 0 radical (unpaired) electrons. The van der Waals surface area contributed by atoms with Crippen molar-refractivity contribution >= 4 is 5.91 Å². The van der Waals surface area contributed by atoms with Crippen LogP contribution in [-0.2, 0) is 4.79 Å². The van der Waals surface area contributed by atoms with Crippen molar-refractivity contribution in [2.75, 3.05) is 14.2 Å². The number of aliphatic hydroxyl groups is 1. The Hall–Kier alpha value is -1.75. The number of benzene rings is 1. The molecular weight excluding hydrogens is 258 g/mol. The molecular formula is C15H23NO4. The number of hydrogen-bond acceptors (Lipinski definition) is 4. The molecule has 2 N–H and O–H groups in total. The lowest BCUT2D eigenvalue weighted by Gasteiger charge is -2.23. The number of nitrogens with one attached hydrogen (secondary N) is 1. The van der Waals surface area contributed by atoms with Crippen molar-refractivity contribution in [2.24, 2.45) is 5.92 Å². The van der Waals surface area contributed by atoms with E-state index in [1.165, 1.54) is 7.11 Å². The summed E-state index contributed by atoms with van der Waals surface area (Å²) in [6.07, 6.45) is -0.872. The highest BCUT2D eigenvalue weighted by molar-refractivity contribution is 5.78. The zero-order chi connectivity index (χ0) is 15.3. The summed E-state index contributed by atoms with van der Waals surface area (Å²) in [7, 11) is 3.09. The number of methoxy groups -OCH3 is 2. The van der Waals surface area contributed by atoms with E-state index in [2.05, 4.69) is 5.32 Å². The van der Waals surface area contributed by atoms with Crippen LogP contribution in [0.25, 0.3) is 0 Å². The molecule has 112 valence electrons. The van der Waals surface area contributed by atoms with Gasteiger partial charge in [0.15, 0.2) is 0 Å². The average Bonchev–Trinajstić information content (AvgIpc) is 2.45. The van der Waals surface area contributed by atoms with Crippen LogP contribution >= 0.6 is 0 Å². The van der Waals surface area contributed by atoms with Crippen LogP contribution in [0.1, 0.15) is 32.4 Å². The van der Waals surface area contributed by atoms with Gasteiger partial charge in [0.2, 0.25) is 5.91 Å². The average molecular weight is 281 g/mol. The van der Waals surface area contributed by atoms with Gasteiger partial charge in [0.1, 0.15) is 17.6 Å². The molecule has 2 unspecified atom stereocenters. The quantitative estimate of drug-likeness (QED) is 0.835. The van der Waals surface area contributed by atoms with Gasteiger partial charge in [-0.05, 0) is 25.1 Å². The van der Waals surface area contributed by atoms with Gasteiger partial charge in [-0.3, -0.25) is 4.79 Å². The van der Waals surface area contributed by atoms with Gasteiger partial charge in [-0.1, -0.05) is 13.8 Å². The van der Waals surface area contributed by atoms with Crippen LogP contribution in [0.2, 0.25) is 0 Å². The van der Waals surface area contributed by atoms with Gasteiger partial charge in [-0.2, -0.15) is 0 Å². The van der Waals surface area contributed by atoms with Crippen molar-refractivity contribution in [3.05, 3.63) is 23.8 Å². The predicted octanol–water partition coefficient (Wildman–Crippen LogP) is 1.90. The van der Waals surface area contributed by atoms with E-state index in [0.717, 1.165) is 0 Å². The van der Waals surface area contributed by atoms with Crippen LogP contribution in [0.4, 0.5) is 0 Å². The molecule has 0 spiro atoms. The number of carbonyl (C=O) groups excluding carboxylic acids is 1. The SMILES string of the molecule is COc1ccc(OC)c(C(O)C(C)NC(=O)C(C)C)c1. The van der Waals surface area contributed by atoms with E-state index >= 15 is 0 Å². The van der Waals surface area contributed by atoms with Crippen molar-refractivity contribution in [2.45, 2.75) is 32.9 Å². The van der Waals surface area contributed by atoms with Crippen molar-refractivity contribution in [3.63, 3.8) is 0 Å². The molecule has 5 nitrogen and oxygen atoms in total. The first kappa shape index (κ1) is 16.3. The van der Waals surface area contributed by atoms with Gasteiger partial charge < -0.3 is 19.9 Å². The molecule has 1 aromatic rings. The van der Waals surface area contributed by atoms with Crippen LogP contribution in [0.3, 0.4) is 0 Å². The maximum atomic E-state index is 11.7. The highest BCUT2D eigenvalue weighted by Gasteiger charge is 2.23. The second-order valence-electron chi connectivity index (χ2n) is 5.00. The van der Waals surface area contributed by atoms with Crippen LogP contribution in [-0.4, -0.2) is 31.3 Å². The molecule has 0 fully saturated rings. The third kappa shape index (κ3) is 3.87. The topological polar surface area (TPSA) is 67.8 Å². The fourth-order valence-electron chi connectivity index (χ4n) is 1.81. The Morgan fingerprint density at radius 3 is 2.35 bits per heavy atom. The Labute approximate surface area is 119 Å². The van der Waals surface area contributed by atoms with Gasteiger partial charge >= 0.3 is 0 Å². The van der Waals surface area contributed by atoms with Crippen molar-refractivity contribution in [1.29, 1.82) is 0 Å². The summed E-state index contributed by atoms with van der Waals surface area (Å²) >= 11 is 0. The Bertz CT molecular complexity index is 459. The van der Waals surface area contributed by atoms with Crippen LogP contribution in [0, 0.1) is 5.92 Å². The first-order valence-corrected chi connectivity index (χ1v) is 6.61. The molecule has 0 aliphatic heterocycles. The van der Waals surface area contributed by atoms with E-state index < -0.39 is 12.1 Å². The Balaban J connectivity index is 2.94. The number of aliphatic hydroxyl groups excluding tert-OH is 1. The minimum atomic E-state index is -0.872. The van der Waals surface area contributed by atoms with Crippen LogP contribution in [0.5, 0.6) is 11.5 Å². The van der Waals surface area contributed by atoms with E-state index in [1.807, 2.05) is 0 Å². The summed E-state index contributed by atoms with van der Waals surface area (Å²) in [6, 6.07) is 4.77. The Morgan fingerprint density at radius 2 is 1.85 bits per heavy atom. The molecule has 1 aromatic carbocycles. The predicted molar refractivity (Wildman–Crippen MR) is 76.9 cm³/mol. The summed E-state index contributed by atoms with van der Waals surface area (Å²) in [4.78, 5) is 11.7. The van der Waals surface area contributed by atoms with Crippen LogP contribution in [0.15, 0.2) is 18.2 Å². The molecule has 0 bridgehead atoms. The van der Waals surface area contributed by atoms with Gasteiger partial charge in [0, 0.05) is 11.5 Å². The molecule has 0 aromatic heterocycles. The number of amides is 1. The first-order valence-electron chi connectivity index (χ1n) is 6.61. The molecule has 0 saturated carbocycles. The summed E-state index contributed by atoms with van der Waals surface area (Å²) in [5.74, 6) is 0.960. The van der Waals surface area contributed by atoms with E-state index in [9.17, 15) is 9.90 Å². The van der Waals surface area contributed by atoms with Crippen molar-refractivity contribution in [3.8, 4) is 11.5 Å². The molecule has 0 aliphatic carbocycles. The van der Waals surface area contributed by atoms with Crippen molar-refractivity contribution in [1.82, 2.24) is 5.32 Å². The highest BCUT2D eigenvalue weighted by atomic mass is 16.5. The zero-order valence-electron chi connectivity index (χ0n) is 12.6. The summed E-state index contributed by atoms with van der Waals surface area (Å²) in [5.41, 5.74) is 0.586. The van der Waals surface area contributed by atoms with Gasteiger partial charge in [0.25, 0.3) is 0 Å². The smallest absolute Gasteiger partial charge is 0.222 e. The number of rotatable bonds is 6. The molecule has 20 heavy (non-hydrogen) atoms. The maximum Gasteiger partial charge on any atom is 0.222 e.